The van der Waals surface area contributed by atoms with E-state index in [-0.39, 0.29) is 17.6 Å². The summed E-state index contributed by atoms with van der Waals surface area (Å²) < 4.78 is 5.27. The minimum atomic E-state index is -0.741. The second kappa shape index (κ2) is 16.1. The lowest BCUT2D eigenvalue weighted by molar-refractivity contribution is -0.248. The van der Waals surface area contributed by atoms with E-state index in [0.29, 0.717) is 31.7 Å². The molecule has 242 valence electrons. The summed E-state index contributed by atoms with van der Waals surface area (Å²) in [5.74, 6) is -0.0994. The van der Waals surface area contributed by atoms with Crippen LogP contribution in [0.15, 0.2) is 54.1 Å². The smallest absolute Gasteiger partial charge is 0.428 e. The average molecular weight is 611 g/mol. The molecule has 4 rings (SSSR count). The molecule has 1 N–H and O–H groups in total. The SMILES string of the molecule is CC(C)(C)OC(=O)NN(OC(C)(C)C)C(=O)C1CCCN(CC2=CCC(=O)C=C2)C1.O=C1CCN(Cc2ccccc2)CC1. The van der Waals surface area contributed by atoms with Gasteiger partial charge in [0.1, 0.15) is 11.4 Å². The fourth-order valence-electron chi connectivity index (χ4n) is 5.09. The number of piperidine rings is 2. The van der Waals surface area contributed by atoms with Gasteiger partial charge in [0, 0.05) is 52.0 Å². The van der Waals surface area contributed by atoms with Crippen molar-refractivity contribution >= 4 is 23.6 Å². The molecule has 10 nitrogen and oxygen atoms in total. The molecule has 1 atom stereocenters. The molecule has 1 unspecified atom stereocenters. The lowest BCUT2D eigenvalue weighted by atomic mass is 9.96. The van der Waals surface area contributed by atoms with Crippen LogP contribution in [0.25, 0.3) is 0 Å². The van der Waals surface area contributed by atoms with E-state index in [1.54, 1.807) is 47.6 Å². The second-order valence-electron chi connectivity index (χ2n) is 13.6. The predicted molar refractivity (Wildman–Crippen MR) is 169 cm³/mol. The molecule has 1 aliphatic carbocycles. The van der Waals surface area contributed by atoms with Crippen LogP contribution in [0.2, 0.25) is 0 Å². The van der Waals surface area contributed by atoms with E-state index in [9.17, 15) is 19.2 Å². The first-order chi connectivity index (χ1) is 20.7. The van der Waals surface area contributed by atoms with Gasteiger partial charge in [0.05, 0.1) is 11.5 Å². The molecule has 2 saturated heterocycles. The number of likely N-dealkylation sites (tertiary alicyclic amines) is 2. The van der Waals surface area contributed by atoms with Gasteiger partial charge in [-0.15, -0.1) is 5.17 Å². The highest BCUT2D eigenvalue weighted by Crippen LogP contribution is 2.22. The van der Waals surface area contributed by atoms with Gasteiger partial charge in [0.15, 0.2) is 5.78 Å². The standard InChI is InChI=1S/C22H35N3O5.C12H15NO/c1-21(2,3)29-20(28)23-25(30-22(4,5)6)19(27)17-8-7-13-24(15-17)14-16-9-11-18(26)12-10-16;14-12-6-8-13(9-7-12)10-11-4-2-1-3-5-11/h9-11,17H,7-8,12-15H2,1-6H3,(H,23,28);1-5H,6-10H2. The Morgan fingerprint density at radius 2 is 1.59 bits per heavy atom. The fraction of sp³-hybridized carbons (Fsp3) is 0.588. The van der Waals surface area contributed by atoms with Crippen molar-refractivity contribution < 1.29 is 28.8 Å². The molecule has 0 aromatic heterocycles. The van der Waals surface area contributed by atoms with E-state index in [1.807, 2.05) is 18.2 Å². The normalized spacial score (nSPS) is 19.9. The van der Waals surface area contributed by atoms with Crippen LogP contribution >= 0.6 is 0 Å². The number of carbonyl (C=O) groups is 4. The number of amides is 2. The quantitative estimate of drug-likeness (QED) is 0.449. The number of hydrogen-bond acceptors (Lipinski definition) is 8. The molecule has 2 heterocycles. The van der Waals surface area contributed by atoms with Crippen LogP contribution in [0.4, 0.5) is 4.79 Å². The highest BCUT2D eigenvalue weighted by Gasteiger charge is 2.34. The highest BCUT2D eigenvalue weighted by molar-refractivity contribution is 5.92. The van der Waals surface area contributed by atoms with Crippen LogP contribution in [-0.2, 0) is 30.5 Å². The van der Waals surface area contributed by atoms with Crippen LogP contribution in [0.3, 0.4) is 0 Å². The number of Topliss-reactive ketones (excluding diaryl/α,β-unsaturated/α-hetero) is 1. The Bertz CT molecular complexity index is 1190. The Hall–Kier alpha value is -3.34. The Kier molecular flexibility index (Phi) is 12.9. The van der Waals surface area contributed by atoms with Crippen LogP contribution < -0.4 is 5.43 Å². The first-order valence-electron chi connectivity index (χ1n) is 15.6. The van der Waals surface area contributed by atoms with E-state index >= 15 is 0 Å². The van der Waals surface area contributed by atoms with Gasteiger partial charge in [-0.1, -0.05) is 42.5 Å². The Morgan fingerprint density at radius 1 is 0.909 bits per heavy atom. The molecule has 3 aliphatic rings. The molecule has 1 aromatic carbocycles. The first-order valence-corrected chi connectivity index (χ1v) is 15.6. The van der Waals surface area contributed by atoms with E-state index in [4.69, 9.17) is 9.57 Å². The van der Waals surface area contributed by atoms with Gasteiger partial charge < -0.3 is 4.74 Å². The van der Waals surface area contributed by atoms with Crippen LogP contribution in [0.5, 0.6) is 0 Å². The number of nitrogens with zero attached hydrogens (tertiary/aromatic N) is 3. The Balaban J connectivity index is 0.000000312. The van der Waals surface area contributed by atoms with E-state index in [0.717, 1.165) is 56.2 Å². The summed E-state index contributed by atoms with van der Waals surface area (Å²) in [7, 11) is 0. The lowest BCUT2D eigenvalue weighted by Gasteiger charge is -2.36. The monoisotopic (exact) mass is 610 g/mol. The zero-order chi connectivity index (χ0) is 32.3. The molecule has 10 heteroatoms. The van der Waals surface area contributed by atoms with Crippen molar-refractivity contribution in [2.24, 2.45) is 5.92 Å². The maximum atomic E-state index is 13.2. The summed E-state index contributed by atoms with van der Waals surface area (Å²) in [5.41, 5.74) is 3.50. The fourth-order valence-corrected chi connectivity index (χ4v) is 5.09. The van der Waals surface area contributed by atoms with Gasteiger partial charge in [0.25, 0.3) is 5.91 Å². The van der Waals surface area contributed by atoms with Crippen molar-refractivity contribution in [2.75, 3.05) is 32.7 Å². The van der Waals surface area contributed by atoms with Gasteiger partial charge in [-0.25, -0.2) is 15.1 Å². The van der Waals surface area contributed by atoms with Gasteiger partial charge in [-0.05, 0) is 78.1 Å². The number of benzene rings is 1. The largest absolute Gasteiger partial charge is 0.443 e. The van der Waals surface area contributed by atoms with Gasteiger partial charge in [0.2, 0.25) is 0 Å². The molecule has 2 aliphatic heterocycles. The van der Waals surface area contributed by atoms with E-state index in [2.05, 4.69) is 39.5 Å². The molecule has 2 amide bonds. The number of carbonyl (C=O) groups excluding carboxylic acids is 4. The number of ether oxygens (including phenoxy) is 1. The number of nitrogens with one attached hydrogen (secondary N) is 1. The average Bonchev–Trinajstić information content (AvgIpc) is 2.94. The zero-order valence-electron chi connectivity index (χ0n) is 27.3. The predicted octanol–water partition coefficient (Wildman–Crippen LogP) is 5.00. The second-order valence-corrected chi connectivity index (χ2v) is 13.6. The number of ketones is 2. The molecular formula is C34H50N4O6. The third-order valence-electron chi connectivity index (χ3n) is 7.13. The Labute approximate surface area is 262 Å². The summed E-state index contributed by atoms with van der Waals surface area (Å²) >= 11 is 0. The van der Waals surface area contributed by atoms with E-state index < -0.39 is 17.3 Å². The van der Waals surface area contributed by atoms with Crippen molar-refractivity contribution in [1.82, 2.24) is 20.4 Å². The summed E-state index contributed by atoms with van der Waals surface area (Å²) in [4.78, 5) is 58.1. The van der Waals surface area contributed by atoms with Crippen molar-refractivity contribution in [2.45, 2.75) is 91.4 Å². The third-order valence-corrected chi connectivity index (χ3v) is 7.13. The molecule has 44 heavy (non-hydrogen) atoms. The number of rotatable bonds is 6. The minimum absolute atomic E-state index is 0.105. The molecule has 0 bridgehead atoms. The maximum absolute atomic E-state index is 13.2. The summed E-state index contributed by atoms with van der Waals surface area (Å²) in [6, 6.07) is 10.4. The van der Waals surface area contributed by atoms with Crippen LogP contribution in [-0.4, -0.2) is 82.5 Å². The van der Waals surface area contributed by atoms with Crippen molar-refractivity contribution in [3.8, 4) is 0 Å². The number of hydroxylamine groups is 1. The van der Waals surface area contributed by atoms with Crippen molar-refractivity contribution in [1.29, 1.82) is 0 Å². The van der Waals surface area contributed by atoms with Gasteiger partial charge in [-0.2, -0.15) is 0 Å². The van der Waals surface area contributed by atoms with Gasteiger partial charge >= 0.3 is 6.09 Å². The molecule has 0 saturated carbocycles. The lowest BCUT2D eigenvalue weighted by Crippen LogP contribution is -2.54. The van der Waals surface area contributed by atoms with Crippen LogP contribution in [0.1, 0.15) is 79.2 Å². The maximum Gasteiger partial charge on any atom is 0.428 e. The number of hydrogen-bond donors (Lipinski definition) is 1. The zero-order valence-corrected chi connectivity index (χ0v) is 27.3. The molecule has 0 radical (unpaired) electrons. The highest BCUT2D eigenvalue weighted by atomic mass is 16.7. The van der Waals surface area contributed by atoms with Crippen molar-refractivity contribution in [3.05, 3.63) is 59.7 Å². The first kappa shape index (κ1) is 35.1. The van der Waals surface area contributed by atoms with Gasteiger partial charge in [-0.3, -0.25) is 24.2 Å². The Morgan fingerprint density at radius 3 is 2.18 bits per heavy atom. The molecule has 1 aromatic rings. The summed E-state index contributed by atoms with van der Waals surface area (Å²) in [6.07, 6.45) is 8.10. The molecule has 2 fully saturated rings. The van der Waals surface area contributed by atoms with Crippen molar-refractivity contribution in [3.63, 3.8) is 0 Å². The van der Waals surface area contributed by atoms with E-state index in [1.165, 1.54) is 5.56 Å². The summed E-state index contributed by atoms with van der Waals surface area (Å²) in [5, 5.41) is 0.931. The summed E-state index contributed by atoms with van der Waals surface area (Å²) in [6.45, 7) is 15.6. The molecule has 0 spiro atoms. The topological polar surface area (TPSA) is 108 Å². The number of hydrazine groups is 1. The third kappa shape index (κ3) is 13.1. The minimum Gasteiger partial charge on any atom is -0.443 e. The number of allylic oxidation sites excluding steroid dienone is 2. The van der Waals surface area contributed by atoms with Crippen LogP contribution in [0, 0.1) is 5.92 Å². The molecular weight excluding hydrogens is 560 g/mol.